The number of carbonyl (C=O) groups is 2. The van der Waals surface area contributed by atoms with Crippen LogP contribution in [-0.4, -0.2) is 38.8 Å². The van der Waals surface area contributed by atoms with Crippen LogP contribution in [0.1, 0.15) is 22.7 Å². The number of rotatable bonds is 5. The molecule has 1 atom stereocenters. The quantitative estimate of drug-likeness (QED) is 0.401. The van der Waals surface area contributed by atoms with Crippen molar-refractivity contribution < 1.29 is 19.4 Å². The van der Waals surface area contributed by atoms with Crippen LogP contribution >= 0.6 is 0 Å². The molecule has 0 aliphatic carbocycles. The van der Waals surface area contributed by atoms with E-state index in [-0.39, 0.29) is 17.9 Å². The summed E-state index contributed by atoms with van der Waals surface area (Å²) in [7, 11) is 1.48. The van der Waals surface area contributed by atoms with Gasteiger partial charge in [0, 0.05) is 31.3 Å². The Hall–Kier alpha value is -4.00. The first-order valence-electron chi connectivity index (χ1n) is 9.32. The van der Waals surface area contributed by atoms with E-state index in [1.807, 2.05) is 6.07 Å². The highest BCUT2D eigenvalue weighted by Gasteiger charge is 2.46. The Morgan fingerprint density at radius 2 is 1.77 bits per heavy atom. The van der Waals surface area contributed by atoms with E-state index in [2.05, 4.69) is 9.97 Å². The summed E-state index contributed by atoms with van der Waals surface area (Å²) in [4.78, 5) is 35.6. The van der Waals surface area contributed by atoms with Gasteiger partial charge in [-0.3, -0.25) is 19.6 Å². The smallest absolute Gasteiger partial charge is 0.295 e. The van der Waals surface area contributed by atoms with Gasteiger partial charge < -0.3 is 14.7 Å². The maximum absolute atomic E-state index is 13.0. The fraction of sp³-hybridized carbons (Fsp3) is 0.130. The number of methoxy groups -OCH3 is 1. The molecule has 2 aromatic heterocycles. The molecule has 7 nitrogen and oxygen atoms in total. The van der Waals surface area contributed by atoms with E-state index in [4.69, 9.17) is 4.74 Å². The first-order chi connectivity index (χ1) is 14.6. The normalized spacial score (nSPS) is 17.9. The molecule has 3 heterocycles. The Morgan fingerprint density at radius 1 is 1.03 bits per heavy atom. The monoisotopic (exact) mass is 401 g/mol. The lowest BCUT2D eigenvalue weighted by Gasteiger charge is -2.25. The molecule has 0 spiro atoms. The lowest BCUT2D eigenvalue weighted by molar-refractivity contribution is -0.140. The van der Waals surface area contributed by atoms with Gasteiger partial charge in [0.1, 0.15) is 11.5 Å². The maximum Gasteiger partial charge on any atom is 0.295 e. The fourth-order valence-corrected chi connectivity index (χ4v) is 3.60. The van der Waals surface area contributed by atoms with Crippen LogP contribution in [0.15, 0.2) is 78.9 Å². The molecule has 1 N–H and O–H groups in total. The average Bonchev–Trinajstić information content (AvgIpc) is 3.04. The SMILES string of the molecule is COc1ccccc1/C(O)=C1\C(=O)C(=O)N(Cc2cccnc2)C1c1cccnc1. The van der Waals surface area contributed by atoms with Gasteiger partial charge in [-0.1, -0.05) is 24.3 Å². The van der Waals surface area contributed by atoms with Gasteiger partial charge in [0.05, 0.1) is 24.3 Å². The second-order valence-electron chi connectivity index (χ2n) is 6.77. The number of para-hydroxylation sites is 1. The summed E-state index contributed by atoms with van der Waals surface area (Å²) >= 11 is 0. The molecular weight excluding hydrogens is 382 g/mol. The summed E-state index contributed by atoms with van der Waals surface area (Å²) in [5.74, 6) is -1.33. The number of hydrogen-bond donors (Lipinski definition) is 1. The van der Waals surface area contributed by atoms with Crippen LogP contribution in [-0.2, 0) is 16.1 Å². The number of amides is 1. The molecule has 30 heavy (non-hydrogen) atoms. The van der Waals surface area contributed by atoms with Crippen molar-refractivity contribution in [3.63, 3.8) is 0 Å². The summed E-state index contributed by atoms with van der Waals surface area (Å²) in [6.45, 7) is 0.167. The van der Waals surface area contributed by atoms with Crippen molar-refractivity contribution in [3.8, 4) is 5.75 Å². The number of aliphatic hydroxyl groups excluding tert-OH is 1. The van der Waals surface area contributed by atoms with Crippen molar-refractivity contribution in [2.75, 3.05) is 7.11 Å². The van der Waals surface area contributed by atoms with Gasteiger partial charge in [-0.15, -0.1) is 0 Å². The van der Waals surface area contributed by atoms with Crippen LogP contribution in [0.2, 0.25) is 0 Å². The molecule has 1 aromatic carbocycles. The van der Waals surface area contributed by atoms with E-state index in [1.165, 1.54) is 12.0 Å². The first kappa shape index (κ1) is 19.3. The molecule has 0 bridgehead atoms. The maximum atomic E-state index is 13.0. The van der Waals surface area contributed by atoms with E-state index in [9.17, 15) is 14.7 Å². The van der Waals surface area contributed by atoms with Crippen LogP contribution in [0, 0.1) is 0 Å². The number of nitrogens with zero attached hydrogens (tertiary/aromatic N) is 3. The molecule has 7 heteroatoms. The van der Waals surface area contributed by atoms with E-state index in [0.29, 0.717) is 16.9 Å². The second kappa shape index (κ2) is 8.16. The third-order valence-corrected chi connectivity index (χ3v) is 4.98. The first-order valence-corrected chi connectivity index (χ1v) is 9.32. The standard InChI is InChI=1S/C23H19N3O4/c1-30-18-9-3-2-8-17(18)21(27)19-20(16-7-5-11-25-13-16)26(23(29)22(19)28)14-15-6-4-10-24-12-15/h2-13,20,27H,14H2,1H3/b21-19+. The van der Waals surface area contributed by atoms with Crippen molar-refractivity contribution in [1.82, 2.24) is 14.9 Å². The average molecular weight is 401 g/mol. The minimum Gasteiger partial charge on any atom is -0.507 e. The lowest BCUT2D eigenvalue weighted by atomic mass is 9.96. The van der Waals surface area contributed by atoms with Crippen molar-refractivity contribution >= 4 is 17.4 Å². The number of hydrogen-bond acceptors (Lipinski definition) is 6. The Bertz CT molecular complexity index is 1110. The van der Waals surface area contributed by atoms with Crippen molar-refractivity contribution in [3.05, 3.63) is 95.6 Å². The number of Topliss-reactive ketones (excluding diaryl/α,β-unsaturated/α-hetero) is 1. The van der Waals surface area contributed by atoms with Crippen molar-refractivity contribution in [1.29, 1.82) is 0 Å². The highest BCUT2D eigenvalue weighted by molar-refractivity contribution is 6.46. The Morgan fingerprint density at radius 3 is 2.43 bits per heavy atom. The predicted octanol–water partition coefficient (Wildman–Crippen LogP) is 3.11. The zero-order valence-corrected chi connectivity index (χ0v) is 16.2. The number of carbonyl (C=O) groups excluding carboxylic acids is 2. The van der Waals surface area contributed by atoms with Gasteiger partial charge in [-0.2, -0.15) is 0 Å². The predicted molar refractivity (Wildman–Crippen MR) is 109 cm³/mol. The van der Waals surface area contributed by atoms with Gasteiger partial charge in [0.2, 0.25) is 0 Å². The summed E-state index contributed by atoms with van der Waals surface area (Å²) in [6.07, 6.45) is 6.47. The topological polar surface area (TPSA) is 92.6 Å². The number of pyridine rings is 2. The number of likely N-dealkylation sites (tertiary alicyclic amines) is 1. The molecular formula is C23H19N3O4. The van der Waals surface area contributed by atoms with E-state index >= 15 is 0 Å². The molecule has 150 valence electrons. The Kier molecular flexibility index (Phi) is 5.26. The largest absolute Gasteiger partial charge is 0.507 e. The van der Waals surface area contributed by atoms with E-state index in [1.54, 1.807) is 67.3 Å². The van der Waals surface area contributed by atoms with E-state index in [0.717, 1.165) is 5.56 Å². The second-order valence-corrected chi connectivity index (χ2v) is 6.77. The molecule has 1 aliphatic heterocycles. The Balaban J connectivity index is 1.88. The van der Waals surface area contributed by atoms with Crippen molar-refractivity contribution in [2.45, 2.75) is 12.6 Å². The fourth-order valence-electron chi connectivity index (χ4n) is 3.60. The van der Waals surface area contributed by atoms with Crippen LogP contribution < -0.4 is 4.74 Å². The molecule has 1 fully saturated rings. The number of aliphatic hydroxyl groups is 1. The number of ketones is 1. The Labute approximate surface area is 173 Å². The highest BCUT2D eigenvalue weighted by Crippen LogP contribution is 2.41. The van der Waals surface area contributed by atoms with Gasteiger partial charge in [0.25, 0.3) is 11.7 Å². The third kappa shape index (κ3) is 3.41. The molecule has 1 unspecified atom stereocenters. The van der Waals surface area contributed by atoms with Gasteiger partial charge in [-0.05, 0) is 35.4 Å². The highest BCUT2D eigenvalue weighted by atomic mass is 16.5. The third-order valence-electron chi connectivity index (χ3n) is 4.98. The van der Waals surface area contributed by atoms with Crippen LogP contribution in [0.25, 0.3) is 5.76 Å². The lowest BCUT2D eigenvalue weighted by Crippen LogP contribution is -2.29. The molecule has 0 saturated carbocycles. The van der Waals surface area contributed by atoms with Crippen molar-refractivity contribution in [2.24, 2.45) is 0 Å². The van der Waals surface area contributed by atoms with Gasteiger partial charge in [0.15, 0.2) is 0 Å². The molecule has 3 aromatic rings. The molecule has 0 radical (unpaired) electrons. The molecule has 1 amide bonds. The molecule has 1 aliphatic rings. The minimum atomic E-state index is -0.788. The van der Waals surface area contributed by atoms with Crippen LogP contribution in [0.4, 0.5) is 0 Å². The summed E-state index contributed by atoms with van der Waals surface area (Å²) < 4.78 is 5.33. The summed E-state index contributed by atoms with van der Waals surface area (Å²) in [6, 6.07) is 13.1. The van der Waals surface area contributed by atoms with Crippen LogP contribution in [0.3, 0.4) is 0 Å². The van der Waals surface area contributed by atoms with Crippen LogP contribution in [0.5, 0.6) is 5.75 Å². The molecule has 4 rings (SSSR count). The summed E-state index contributed by atoms with van der Waals surface area (Å²) in [5, 5.41) is 11.1. The zero-order chi connectivity index (χ0) is 21.1. The van der Waals surface area contributed by atoms with Gasteiger partial charge >= 0.3 is 0 Å². The number of aromatic nitrogens is 2. The molecule has 1 saturated heterocycles. The van der Waals surface area contributed by atoms with Gasteiger partial charge in [-0.25, -0.2) is 0 Å². The summed E-state index contributed by atoms with van der Waals surface area (Å²) in [5.41, 5.74) is 1.73. The zero-order valence-electron chi connectivity index (χ0n) is 16.2. The number of benzene rings is 1. The van der Waals surface area contributed by atoms with E-state index < -0.39 is 17.7 Å². The number of ether oxygens (including phenoxy) is 1. The minimum absolute atomic E-state index is 0.00129.